The molecule has 1 aliphatic heterocycles. The SMILES string of the molecule is N#CC(=C1SCCS1)S(=O)(=O)Cc1ccco1. The minimum Gasteiger partial charge on any atom is -0.468 e. The topological polar surface area (TPSA) is 71.1 Å². The molecule has 7 heteroatoms. The molecule has 0 atom stereocenters. The molecule has 1 saturated heterocycles. The summed E-state index contributed by atoms with van der Waals surface area (Å²) in [6.45, 7) is 0. The maximum atomic E-state index is 12.0. The molecule has 0 amide bonds. The van der Waals surface area contributed by atoms with Gasteiger partial charge in [0.05, 0.1) is 10.5 Å². The molecule has 90 valence electrons. The van der Waals surface area contributed by atoms with Gasteiger partial charge in [-0.1, -0.05) is 0 Å². The largest absolute Gasteiger partial charge is 0.468 e. The number of hydrogen-bond donors (Lipinski definition) is 0. The first-order chi connectivity index (χ1) is 8.13. The minimum atomic E-state index is -3.60. The van der Waals surface area contributed by atoms with Crippen LogP contribution in [0.1, 0.15) is 5.76 Å². The Morgan fingerprint density at radius 1 is 1.47 bits per heavy atom. The Hall–Kier alpha value is -0.840. The van der Waals surface area contributed by atoms with Gasteiger partial charge in [-0.2, -0.15) is 5.26 Å². The van der Waals surface area contributed by atoms with E-state index in [2.05, 4.69) is 0 Å². The molecule has 0 spiro atoms. The van der Waals surface area contributed by atoms with Crippen LogP contribution in [0.5, 0.6) is 0 Å². The van der Waals surface area contributed by atoms with Crippen molar-refractivity contribution in [2.24, 2.45) is 0 Å². The second-order valence-corrected chi connectivity index (χ2v) is 7.66. The lowest BCUT2D eigenvalue weighted by molar-refractivity contribution is 0.522. The highest BCUT2D eigenvalue weighted by atomic mass is 32.2. The third-order valence-electron chi connectivity index (χ3n) is 2.06. The van der Waals surface area contributed by atoms with E-state index in [9.17, 15) is 8.42 Å². The van der Waals surface area contributed by atoms with Crippen molar-refractivity contribution in [1.82, 2.24) is 0 Å². The normalized spacial score (nSPS) is 15.8. The van der Waals surface area contributed by atoms with Crippen molar-refractivity contribution in [1.29, 1.82) is 5.26 Å². The van der Waals surface area contributed by atoms with Gasteiger partial charge < -0.3 is 4.42 Å². The van der Waals surface area contributed by atoms with E-state index in [1.165, 1.54) is 29.8 Å². The van der Waals surface area contributed by atoms with Crippen LogP contribution in [0, 0.1) is 11.3 Å². The monoisotopic (exact) mass is 287 g/mol. The van der Waals surface area contributed by atoms with E-state index in [4.69, 9.17) is 9.68 Å². The van der Waals surface area contributed by atoms with Crippen LogP contribution in [0.15, 0.2) is 32.0 Å². The number of thioether (sulfide) groups is 2. The molecule has 1 aromatic rings. The van der Waals surface area contributed by atoms with Gasteiger partial charge >= 0.3 is 0 Å². The number of allylic oxidation sites excluding steroid dienone is 1. The fraction of sp³-hybridized carbons (Fsp3) is 0.300. The van der Waals surface area contributed by atoms with Crippen molar-refractivity contribution < 1.29 is 12.8 Å². The van der Waals surface area contributed by atoms with Gasteiger partial charge in [0.1, 0.15) is 17.6 Å². The highest BCUT2D eigenvalue weighted by Crippen LogP contribution is 2.40. The maximum absolute atomic E-state index is 12.0. The zero-order valence-corrected chi connectivity index (χ0v) is 11.2. The van der Waals surface area contributed by atoms with E-state index >= 15 is 0 Å². The van der Waals surface area contributed by atoms with E-state index in [-0.39, 0.29) is 10.7 Å². The zero-order chi connectivity index (χ0) is 12.3. The van der Waals surface area contributed by atoms with Crippen LogP contribution in [0.3, 0.4) is 0 Å². The van der Waals surface area contributed by atoms with Crippen LogP contribution in [-0.4, -0.2) is 19.9 Å². The van der Waals surface area contributed by atoms with Crippen LogP contribution >= 0.6 is 23.5 Å². The van der Waals surface area contributed by atoms with Crippen molar-refractivity contribution in [3.63, 3.8) is 0 Å². The molecule has 0 aromatic carbocycles. The van der Waals surface area contributed by atoms with Crippen LogP contribution in [-0.2, 0) is 15.6 Å². The Morgan fingerprint density at radius 2 is 2.18 bits per heavy atom. The summed E-state index contributed by atoms with van der Waals surface area (Å²) < 4.78 is 29.7. The maximum Gasteiger partial charge on any atom is 0.197 e. The third-order valence-corrected chi connectivity index (χ3v) is 6.62. The molecule has 17 heavy (non-hydrogen) atoms. The van der Waals surface area contributed by atoms with Crippen LogP contribution in [0.4, 0.5) is 0 Å². The van der Waals surface area contributed by atoms with Gasteiger partial charge in [0.2, 0.25) is 0 Å². The minimum absolute atomic E-state index is 0.124. The average Bonchev–Trinajstić information content (AvgIpc) is 2.90. The summed E-state index contributed by atoms with van der Waals surface area (Å²) in [7, 11) is -3.60. The van der Waals surface area contributed by atoms with Crippen molar-refractivity contribution in [3.05, 3.63) is 33.3 Å². The van der Waals surface area contributed by atoms with Crippen molar-refractivity contribution >= 4 is 33.4 Å². The average molecular weight is 287 g/mol. The smallest absolute Gasteiger partial charge is 0.197 e. The summed E-state index contributed by atoms with van der Waals surface area (Å²) in [5.74, 6) is 1.79. The summed E-state index contributed by atoms with van der Waals surface area (Å²) in [5, 5.41) is 9.01. The molecular weight excluding hydrogens is 278 g/mol. The number of rotatable bonds is 3. The first-order valence-corrected chi connectivity index (χ1v) is 8.41. The molecule has 1 fully saturated rings. The number of nitrogens with zero attached hydrogens (tertiary/aromatic N) is 1. The van der Waals surface area contributed by atoms with Gasteiger partial charge in [-0.05, 0) is 12.1 Å². The zero-order valence-electron chi connectivity index (χ0n) is 8.75. The van der Waals surface area contributed by atoms with Gasteiger partial charge in [0, 0.05) is 11.5 Å². The number of nitriles is 1. The summed E-state index contributed by atoms with van der Waals surface area (Å²) in [6, 6.07) is 5.02. The lowest BCUT2D eigenvalue weighted by Crippen LogP contribution is -2.06. The predicted molar refractivity (Wildman–Crippen MR) is 68.9 cm³/mol. The molecule has 0 N–H and O–H groups in total. The third kappa shape index (κ3) is 2.89. The number of furan rings is 1. The van der Waals surface area contributed by atoms with E-state index in [1.54, 1.807) is 18.2 Å². The Balaban J connectivity index is 2.31. The van der Waals surface area contributed by atoms with E-state index < -0.39 is 9.84 Å². The first kappa shape index (κ1) is 12.6. The van der Waals surface area contributed by atoms with E-state index in [0.29, 0.717) is 10.00 Å². The molecular formula is C10H9NO3S3. The predicted octanol–water partition coefficient (Wildman–Crippen LogP) is 2.37. The Bertz CT molecular complexity index is 558. The van der Waals surface area contributed by atoms with Gasteiger partial charge in [-0.25, -0.2) is 8.42 Å². The molecule has 0 unspecified atom stereocenters. The highest BCUT2D eigenvalue weighted by Gasteiger charge is 2.26. The van der Waals surface area contributed by atoms with Crippen LogP contribution in [0.25, 0.3) is 0 Å². The molecule has 0 aliphatic carbocycles. The number of hydrogen-bond acceptors (Lipinski definition) is 6. The standard InChI is InChI=1S/C10H9NO3S3/c11-6-9(10-15-4-5-16-10)17(12,13)7-8-2-1-3-14-8/h1-3H,4-5,7H2. The van der Waals surface area contributed by atoms with Crippen molar-refractivity contribution in [2.75, 3.05) is 11.5 Å². The van der Waals surface area contributed by atoms with Crippen molar-refractivity contribution in [2.45, 2.75) is 5.75 Å². The Labute approximate surface area is 108 Å². The van der Waals surface area contributed by atoms with E-state index in [1.807, 2.05) is 0 Å². The molecule has 2 rings (SSSR count). The fourth-order valence-electron chi connectivity index (χ4n) is 1.34. The molecule has 0 radical (unpaired) electrons. The second kappa shape index (κ2) is 5.21. The lowest BCUT2D eigenvalue weighted by Gasteiger charge is -2.02. The second-order valence-electron chi connectivity index (χ2n) is 3.26. The quantitative estimate of drug-likeness (QED) is 0.795. The summed E-state index contributed by atoms with van der Waals surface area (Å²) in [5.41, 5.74) is 0. The van der Waals surface area contributed by atoms with Gasteiger partial charge in [0.25, 0.3) is 0 Å². The Morgan fingerprint density at radius 3 is 2.71 bits per heavy atom. The highest BCUT2D eigenvalue weighted by molar-refractivity contribution is 8.25. The van der Waals surface area contributed by atoms with Gasteiger partial charge in [0.15, 0.2) is 14.7 Å². The molecule has 4 nitrogen and oxygen atoms in total. The molecule has 2 heterocycles. The lowest BCUT2D eigenvalue weighted by atomic mass is 10.5. The molecule has 1 aliphatic rings. The molecule has 1 aromatic heterocycles. The van der Waals surface area contributed by atoms with Gasteiger partial charge in [-0.15, -0.1) is 23.5 Å². The molecule has 0 saturated carbocycles. The summed E-state index contributed by atoms with van der Waals surface area (Å²) >= 11 is 2.85. The van der Waals surface area contributed by atoms with E-state index in [0.717, 1.165) is 11.5 Å². The number of sulfone groups is 1. The van der Waals surface area contributed by atoms with Gasteiger partial charge in [-0.3, -0.25) is 0 Å². The van der Waals surface area contributed by atoms with Crippen LogP contribution < -0.4 is 0 Å². The molecule has 0 bridgehead atoms. The van der Waals surface area contributed by atoms with Crippen molar-refractivity contribution in [3.8, 4) is 6.07 Å². The Kier molecular flexibility index (Phi) is 3.86. The summed E-state index contributed by atoms with van der Waals surface area (Å²) in [4.78, 5) is -0.124. The fourth-order valence-corrected chi connectivity index (χ4v) is 5.75. The summed E-state index contributed by atoms with van der Waals surface area (Å²) in [6.07, 6.45) is 1.42. The van der Waals surface area contributed by atoms with Crippen LogP contribution in [0.2, 0.25) is 0 Å². The first-order valence-electron chi connectivity index (χ1n) is 4.78.